The molecule has 2 rings (SSSR count). The van der Waals surface area contributed by atoms with Gasteiger partial charge in [0.2, 0.25) is 0 Å². The van der Waals surface area contributed by atoms with Crippen LogP contribution in [0.1, 0.15) is 0 Å². The van der Waals surface area contributed by atoms with Crippen molar-refractivity contribution in [2.75, 3.05) is 0 Å². The third kappa shape index (κ3) is 1.15. The van der Waals surface area contributed by atoms with Crippen molar-refractivity contribution in [2.45, 2.75) is 0 Å². The Morgan fingerprint density at radius 1 is 1.33 bits per heavy atom. The Kier molecular flexibility index (Phi) is 1.89. The largest absolute Gasteiger partial charge is 0.335 e. The first-order chi connectivity index (χ1) is 5.68. The predicted octanol–water partition coefficient (Wildman–Crippen LogP) is 3.59. The Morgan fingerprint density at radius 2 is 2.08 bits per heavy atom. The molecule has 12 heavy (non-hydrogen) atoms. The normalized spacial score (nSPS) is 10.9. The number of benzene rings is 1. The average molecular weight is 245 g/mol. The standard InChI is InChI=1S/C9H7BrClN/c1-12-8-3-2-7(10)4-6(8)5-9(12)11/h2-5H,1H3. The van der Waals surface area contributed by atoms with Crippen LogP contribution in [-0.2, 0) is 7.05 Å². The number of nitrogens with zero attached hydrogens (tertiary/aromatic N) is 1. The van der Waals surface area contributed by atoms with E-state index in [0.717, 1.165) is 20.5 Å². The highest BCUT2D eigenvalue weighted by Gasteiger charge is 2.02. The van der Waals surface area contributed by atoms with Crippen LogP contribution in [0.2, 0.25) is 5.15 Å². The van der Waals surface area contributed by atoms with Gasteiger partial charge in [-0.15, -0.1) is 0 Å². The van der Waals surface area contributed by atoms with Crippen LogP contribution >= 0.6 is 27.5 Å². The van der Waals surface area contributed by atoms with E-state index >= 15 is 0 Å². The van der Waals surface area contributed by atoms with Crippen LogP contribution in [0.25, 0.3) is 10.9 Å². The molecule has 0 amide bonds. The second-order valence-corrected chi connectivity index (χ2v) is 4.03. The molecule has 0 atom stereocenters. The van der Waals surface area contributed by atoms with Gasteiger partial charge in [-0.3, -0.25) is 0 Å². The zero-order valence-corrected chi connectivity index (χ0v) is 8.85. The van der Waals surface area contributed by atoms with Crippen molar-refractivity contribution in [3.05, 3.63) is 33.9 Å². The Labute approximate surface area is 84.1 Å². The van der Waals surface area contributed by atoms with Crippen LogP contribution < -0.4 is 0 Å². The predicted molar refractivity (Wildman–Crippen MR) is 55.6 cm³/mol. The summed E-state index contributed by atoms with van der Waals surface area (Å²) in [6.45, 7) is 0. The van der Waals surface area contributed by atoms with Gasteiger partial charge in [-0.1, -0.05) is 27.5 Å². The van der Waals surface area contributed by atoms with Gasteiger partial charge < -0.3 is 4.57 Å². The van der Waals surface area contributed by atoms with Crippen molar-refractivity contribution in [1.82, 2.24) is 4.57 Å². The summed E-state index contributed by atoms with van der Waals surface area (Å²) >= 11 is 9.37. The SMILES string of the molecule is Cn1c(Cl)cc2cc(Br)ccc21. The van der Waals surface area contributed by atoms with Crippen LogP contribution in [0.5, 0.6) is 0 Å². The van der Waals surface area contributed by atoms with Gasteiger partial charge in [0.05, 0.1) is 0 Å². The first-order valence-corrected chi connectivity index (χ1v) is 4.76. The van der Waals surface area contributed by atoms with Gasteiger partial charge in [0.1, 0.15) is 5.15 Å². The van der Waals surface area contributed by atoms with E-state index in [4.69, 9.17) is 11.6 Å². The molecule has 0 saturated carbocycles. The van der Waals surface area contributed by atoms with Crippen molar-refractivity contribution in [3.63, 3.8) is 0 Å². The molecule has 0 aliphatic heterocycles. The maximum absolute atomic E-state index is 5.95. The first kappa shape index (κ1) is 8.14. The molecule has 1 aromatic heterocycles. The smallest absolute Gasteiger partial charge is 0.109 e. The highest BCUT2D eigenvalue weighted by atomic mass is 79.9. The number of hydrogen-bond donors (Lipinski definition) is 0. The molecule has 0 spiro atoms. The lowest BCUT2D eigenvalue weighted by Gasteiger charge is -1.96. The number of fused-ring (bicyclic) bond motifs is 1. The fourth-order valence-corrected chi connectivity index (χ4v) is 1.87. The van der Waals surface area contributed by atoms with E-state index in [2.05, 4.69) is 22.0 Å². The van der Waals surface area contributed by atoms with E-state index in [-0.39, 0.29) is 0 Å². The lowest BCUT2D eigenvalue weighted by atomic mass is 10.2. The Balaban J connectivity index is 2.87. The van der Waals surface area contributed by atoms with Gasteiger partial charge in [0.25, 0.3) is 0 Å². The van der Waals surface area contributed by atoms with E-state index < -0.39 is 0 Å². The van der Waals surface area contributed by atoms with Crippen LogP contribution in [0.15, 0.2) is 28.7 Å². The fourth-order valence-electron chi connectivity index (χ4n) is 1.29. The molecule has 0 saturated heterocycles. The second-order valence-electron chi connectivity index (χ2n) is 2.73. The van der Waals surface area contributed by atoms with Gasteiger partial charge in [0, 0.05) is 22.4 Å². The second kappa shape index (κ2) is 2.79. The van der Waals surface area contributed by atoms with Gasteiger partial charge in [-0.05, 0) is 24.3 Å². The zero-order chi connectivity index (χ0) is 8.72. The van der Waals surface area contributed by atoms with Crippen LogP contribution in [0, 0.1) is 0 Å². The topological polar surface area (TPSA) is 4.93 Å². The van der Waals surface area contributed by atoms with Crippen molar-refractivity contribution in [1.29, 1.82) is 0 Å². The molecule has 0 N–H and O–H groups in total. The molecular formula is C9H7BrClN. The van der Waals surface area contributed by atoms with E-state index in [9.17, 15) is 0 Å². The number of rotatable bonds is 0. The maximum atomic E-state index is 5.95. The molecule has 1 heterocycles. The molecule has 0 unspecified atom stereocenters. The number of aryl methyl sites for hydroxylation is 1. The summed E-state index contributed by atoms with van der Waals surface area (Å²) in [5.74, 6) is 0. The molecule has 0 bridgehead atoms. The molecule has 62 valence electrons. The number of hydrogen-bond acceptors (Lipinski definition) is 0. The summed E-state index contributed by atoms with van der Waals surface area (Å²) in [6, 6.07) is 8.08. The highest BCUT2D eigenvalue weighted by molar-refractivity contribution is 9.10. The van der Waals surface area contributed by atoms with E-state index in [0.29, 0.717) is 0 Å². The van der Waals surface area contributed by atoms with Gasteiger partial charge in [-0.25, -0.2) is 0 Å². The monoisotopic (exact) mass is 243 g/mol. The molecule has 2 aromatic rings. The van der Waals surface area contributed by atoms with Crippen LogP contribution in [-0.4, -0.2) is 4.57 Å². The van der Waals surface area contributed by atoms with Crippen molar-refractivity contribution < 1.29 is 0 Å². The van der Waals surface area contributed by atoms with Crippen molar-refractivity contribution in [2.24, 2.45) is 7.05 Å². The molecular weight excluding hydrogens is 237 g/mol. The molecule has 0 radical (unpaired) electrons. The van der Waals surface area contributed by atoms with Crippen LogP contribution in [0.3, 0.4) is 0 Å². The first-order valence-electron chi connectivity index (χ1n) is 3.59. The molecule has 1 nitrogen and oxygen atoms in total. The summed E-state index contributed by atoms with van der Waals surface area (Å²) in [4.78, 5) is 0. The average Bonchev–Trinajstić information content (AvgIpc) is 2.28. The summed E-state index contributed by atoms with van der Waals surface area (Å²) in [5.41, 5.74) is 1.16. The quantitative estimate of drug-likeness (QED) is 0.667. The van der Waals surface area contributed by atoms with Gasteiger partial charge in [-0.2, -0.15) is 0 Å². The van der Waals surface area contributed by atoms with E-state index in [1.54, 1.807) is 0 Å². The van der Waals surface area contributed by atoms with Gasteiger partial charge in [0.15, 0.2) is 0 Å². The molecule has 3 heteroatoms. The lowest BCUT2D eigenvalue weighted by Crippen LogP contribution is -1.84. The Hall–Kier alpha value is -0.470. The Morgan fingerprint density at radius 3 is 2.83 bits per heavy atom. The van der Waals surface area contributed by atoms with Crippen molar-refractivity contribution >= 4 is 38.4 Å². The minimum atomic E-state index is 0.767. The lowest BCUT2D eigenvalue weighted by molar-refractivity contribution is 0.970. The summed E-state index contributed by atoms with van der Waals surface area (Å²) in [6.07, 6.45) is 0. The third-order valence-electron chi connectivity index (χ3n) is 1.95. The summed E-state index contributed by atoms with van der Waals surface area (Å²) < 4.78 is 3.04. The molecule has 0 aliphatic rings. The van der Waals surface area contributed by atoms with E-state index in [1.165, 1.54) is 0 Å². The zero-order valence-electron chi connectivity index (χ0n) is 6.51. The number of aromatic nitrogens is 1. The fraction of sp³-hybridized carbons (Fsp3) is 0.111. The Bertz CT molecular complexity index is 433. The summed E-state index contributed by atoms with van der Waals surface area (Å²) in [7, 11) is 1.96. The molecule has 0 aliphatic carbocycles. The van der Waals surface area contributed by atoms with Crippen LogP contribution in [0.4, 0.5) is 0 Å². The molecule has 1 aromatic carbocycles. The molecule has 0 fully saturated rings. The van der Waals surface area contributed by atoms with E-state index in [1.807, 2.05) is 29.8 Å². The highest BCUT2D eigenvalue weighted by Crippen LogP contribution is 2.24. The minimum Gasteiger partial charge on any atom is -0.335 e. The van der Waals surface area contributed by atoms with Gasteiger partial charge >= 0.3 is 0 Å². The third-order valence-corrected chi connectivity index (χ3v) is 2.80. The maximum Gasteiger partial charge on any atom is 0.109 e. The minimum absolute atomic E-state index is 0.767. The van der Waals surface area contributed by atoms with Crippen molar-refractivity contribution in [3.8, 4) is 0 Å². The number of halogens is 2. The summed E-state index contributed by atoms with van der Waals surface area (Å²) in [5, 5.41) is 1.93.